The van der Waals surface area contributed by atoms with Crippen LogP contribution in [0, 0.1) is 11.8 Å². The molecule has 114 valence electrons. The number of amides is 1. The number of fused-ring (bicyclic) bond motifs is 1. The molecule has 3 aliphatic heterocycles. The summed E-state index contributed by atoms with van der Waals surface area (Å²) in [7, 11) is 0. The van der Waals surface area contributed by atoms with Crippen LogP contribution >= 0.6 is 0 Å². The van der Waals surface area contributed by atoms with Crippen LogP contribution in [-0.2, 0) is 20.7 Å². The summed E-state index contributed by atoms with van der Waals surface area (Å²) in [6.07, 6.45) is 3.99. The predicted molar refractivity (Wildman–Crippen MR) is 78.1 cm³/mol. The number of ether oxygens (including phenoxy) is 1. The van der Waals surface area contributed by atoms with Gasteiger partial charge in [0.05, 0.1) is 18.6 Å². The van der Waals surface area contributed by atoms with Gasteiger partial charge in [0.15, 0.2) is 0 Å². The number of rotatable bonds is 4. The Morgan fingerprint density at radius 2 is 2.14 bits per heavy atom. The lowest BCUT2D eigenvalue weighted by Gasteiger charge is -2.21. The van der Waals surface area contributed by atoms with Gasteiger partial charge < -0.3 is 14.7 Å². The smallest absolute Gasteiger partial charge is 0.310 e. The molecule has 3 aliphatic rings. The van der Waals surface area contributed by atoms with E-state index in [9.17, 15) is 14.7 Å². The fourth-order valence-corrected chi connectivity index (χ4v) is 3.96. The number of likely N-dealkylation sites (tertiary alicyclic amines) is 1. The Balaban J connectivity index is 1.53. The normalized spacial score (nSPS) is 35.2. The molecule has 1 aromatic carbocycles. The van der Waals surface area contributed by atoms with Gasteiger partial charge in [0.1, 0.15) is 11.5 Å². The quantitative estimate of drug-likeness (QED) is 0.845. The highest BCUT2D eigenvalue weighted by Crippen LogP contribution is 2.51. The molecule has 0 unspecified atom stereocenters. The van der Waals surface area contributed by atoms with Crippen LogP contribution < -0.4 is 0 Å². The SMILES string of the molecule is O=C(O)[C@H]1[C@H]2C=C[C@@]3(CN(CCc4ccccc4)C(=O)[C@@H]13)O2. The Labute approximate surface area is 128 Å². The number of aliphatic carboxylic acids is 1. The lowest BCUT2D eigenvalue weighted by Crippen LogP contribution is -2.39. The second-order valence-electron chi connectivity index (χ2n) is 6.23. The number of carbonyl (C=O) groups excluding carboxylic acids is 1. The molecule has 5 heteroatoms. The van der Waals surface area contributed by atoms with E-state index in [1.54, 1.807) is 11.0 Å². The number of carboxylic acid groups (broad SMARTS) is 1. The van der Waals surface area contributed by atoms with Gasteiger partial charge in [0.25, 0.3) is 0 Å². The highest BCUT2D eigenvalue weighted by Gasteiger charge is 2.66. The van der Waals surface area contributed by atoms with Crippen molar-refractivity contribution in [3.63, 3.8) is 0 Å². The van der Waals surface area contributed by atoms with Crippen molar-refractivity contribution in [3.05, 3.63) is 48.0 Å². The summed E-state index contributed by atoms with van der Waals surface area (Å²) in [6, 6.07) is 9.97. The first kappa shape index (κ1) is 13.5. The number of carbonyl (C=O) groups is 2. The van der Waals surface area contributed by atoms with E-state index in [0.717, 1.165) is 6.42 Å². The lowest BCUT2D eigenvalue weighted by molar-refractivity contribution is -0.148. The Bertz CT molecular complexity index is 656. The van der Waals surface area contributed by atoms with Gasteiger partial charge in [-0.2, -0.15) is 0 Å². The van der Waals surface area contributed by atoms with Crippen molar-refractivity contribution in [3.8, 4) is 0 Å². The van der Waals surface area contributed by atoms with Crippen LogP contribution in [0.4, 0.5) is 0 Å². The molecule has 0 aliphatic carbocycles. The highest BCUT2D eigenvalue weighted by atomic mass is 16.5. The molecule has 5 nitrogen and oxygen atoms in total. The van der Waals surface area contributed by atoms with Crippen molar-refractivity contribution in [1.29, 1.82) is 0 Å². The number of hydrogen-bond donors (Lipinski definition) is 1. The van der Waals surface area contributed by atoms with E-state index in [-0.39, 0.29) is 5.91 Å². The third kappa shape index (κ3) is 1.82. The van der Waals surface area contributed by atoms with Crippen molar-refractivity contribution < 1.29 is 19.4 Å². The van der Waals surface area contributed by atoms with Gasteiger partial charge in [-0.1, -0.05) is 42.5 Å². The Hall–Kier alpha value is -2.14. The van der Waals surface area contributed by atoms with E-state index >= 15 is 0 Å². The van der Waals surface area contributed by atoms with Crippen molar-refractivity contribution >= 4 is 11.9 Å². The molecule has 1 N–H and O–H groups in total. The molecule has 1 spiro atoms. The summed E-state index contributed by atoms with van der Waals surface area (Å²) in [5.41, 5.74) is 0.446. The molecule has 22 heavy (non-hydrogen) atoms. The van der Waals surface area contributed by atoms with Gasteiger partial charge in [0.2, 0.25) is 5.91 Å². The highest BCUT2D eigenvalue weighted by molar-refractivity contribution is 5.90. The average Bonchev–Trinajstić information content (AvgIpc) is 3.14. The summed E-state index contributed by atoms with van der Waals surface area (Å²) in [6.45, 7) is 1.05. The van der Waals surface area contributed by atoms with Crippen LogP contribution in [0.5, 0.6) is 0 Å². The second-order valence-corrected chi connectivity index (χ2v) is 6.23. The zero-order valence-corrected chi connectivity index (χ0v) is 12.0. The minimum Gasteiger partial charge on any atom is -0.481 e. The minimum absolute atomic E-state index is 0.0878. The van der Waals surface area contributed by atoms with Crippen LogP contribution in [0.3, 0.4) is 0 Å². The fourth-order valence-electron chi connectivity index (χ4n) is 3.96. The zero-order chi connectivity index (χ0) is 15.3. The standard InChI is InChI=1S/C17H17NO4/c19-15-14-13(16(20)21)12-6-8-17(14,22-12)10-18(15)9-7-11-4-2-1-3-5-11/h1-6,8,12-14H,7,9-10H2,(H,20,21)/t12-,13+,14-,17+/m1/s1. The molecule has 2 bridgehead atoms. The van der Waals surface area contributed by atoms with Crippen molar-refractivity contribution in [2.45, 2.75) is 18.1 Å². The monoisotopic (exact) mass is 299 g/mol. The zero-order valence-electron chi connectivity index (χ0n) is 12.0. The molecule has 1 aromatic rings. The summed E-state index contributed by atoms with van der Waals surface area (Å²) in [5, 5.41) is 9.41. The van der Waals surface area contributed by atoms with Gasteiger partial charge in [-0.3, -0.25) is 9.59 Å². The van der Waals surface area contributed by atoms with Gasteiger partial charge >= 0.3 is 5.97 Å². The topological polar surface area (TPSA) is 66.8 Å². The Morgan fingerprint density at radius 3 is 2.86 bits per heavy atom. The number of carboxylic acids is 1. The Morgan fingerprint density at radius 1 is 1.36 bits per heavy atom. The molecule has 2 saturated heterocycles. The molecule has 0 aromatic heterocycles. The van der Waals surface area contributed by atoms with E-state index in [0.29, 0.717) is 13.1 Å². The van der Waals surface area contributed by atoms with E-state index < -0.39 is 29.5 Å². The van der Waals surface area contributed by atoms with Crippen molar-refractivity contribution in [2.75, 3.05) is 13.1 Å². The second kappa shape index (κ2) is 4.68. The number of hydrogen-bond acceptors (Lipinski definition) is 3. The van der Waals surface area contributed by atoms with Crippen LogP contribution in [0.1, 0.15) is 5.56 Å². The third-order valence-electron chi connectivity index (χ3n) is 4.98. The molecular formula is C17H17NO4. The molecule has 1 amide bonds. The molecule has 4 atom stereocenters. The van der Waals surface area contributed by atoms with Crippen LogP contribution in [0.2, 0.25) is 0 Å². The first-order valence-corrected chi connectivity index (χ1v) is 7.53. The molecule has 2 fully saturated rings. The van der Waals surface area contributed by atoms with E-state index in [1.807, 2.05) is 36.4 Å². The fraction of sp³-hybridized carbons (Fsp3) is 0.412. The maximum Gasteiger partial charge on any atom is 0.310 e. The first-order chi connectivity index (χ1) is 10.6. The van der Waals surface area contributed by atoms with Crippen molar-refractivity contribution in [1.82, 2.24) is 4.90 Å². The third-order valence-corrected chi connectivity index (χ3v) is 4.98. The van der Waals surface area contributed by atoms with E-state index in [2.05, 4.69) is 0 Å². The molecule has 0 radical (unpaired) electrons. The van der Waals surface area contributed by atoms with E-state index in [1.165, 1.54) is 5.56 Å². The minimum atomic E-state index is -0.945. The largest absolute Gasteiger partial charge is 0.481 e. The lowest BCUT2D eigenvalue weighted by atomic mass is 9.77. The molecule has 4 rings (SSSR count). The summed E-state index contributed by atoms with van der Waals surface area (Å²) < 4.78 is 5.86. The maximum atomic E-state index is 12.7. The average molecular weight is 299 g/mol. The van der Waals surface area contributed by atoms with Gasteiger partial charge in [-0.25, -0.2) is 0 Å². The summed E-state index contributed by atoms with van der Waals surface area (Å²) in [4.78, 5) is 25.9. The van der Waals surface area contributed by atoms with Crippen LogP contribution in [0.25, 0.3) is 0 Å². The molecular weight excluding hydrogens is 282 g/mol. The van der Waals surface area contributed by atoms with Gasteiger partial charge in [-0.15, -0.1) is 0 Å². The van der Waals surface area contributed by atoms with E-state index in [4.69, 9.17) is 4.74 Å². The molecule has 0 saturated carbocycles. The first-order valence-electron chi connectivity index (χ1n) is 7.53. The van der Waals surface area contributed by atoms with Crippen LogP contribution in [0.15, 0.2) is 42.5 Å². The van der Waals surface area contributed by atoms with Crippen LogP contribution in [-0.4, -0.2) is 46.7 Å². The number of benzene rings is 1. The summed E-state index contributed by atoms with van der Waals surface area (Å²) in [5.74, 6) is -2.36. The Kier molecular flexibility index (Phi) is 2.87. The summed E-state index contributed by atoms with van der Waals surface area (Å²) >= 11 is 0. The predicted octanol–water partition coefficient (Wildman–Crippen LogP) is 1.10. The molecule has 3 heterocycles. The number of nitrogens with zero attached hydrogens (tertiary/aromatic N) is 1. The van der Waals surface area contributed by atoms with Gasteiger partial charge in [-0.05, 0) is 12.0 Å². The van der Waals surface area contributed by atoms with Gasteiger partial charge in [0, 0.05) is 6.54 Å². The van der Waals surface area contributed by atoms with Crippen molar-refractivity contribution in [2.24, 2.45) is 11.8 Å². The maximum absolute atomic E-state index is 12.7.